The Hall–Kier alpha value is -3.41. The van der Waals surface area contributed by atoms with E-state index in [1.807, 2.05) is 11.8 Å². The van der Waals surface area contributed by atoms with Crippen LogP contribution in [0.25, 0.3) is 10.7 Å². The van der Waals surface area contributed by atoms with Gasteiger partial charge in [0.15, 0.2) is 5.82 Å². The van der Waals surface area contributed by atoms with Gasteiger partial charge in [-0.3, -0.25) is 4.98 Å². The SMILES string of the molecule is Cc1ncncc1N(Cc1ccc(-c2noc(C(F)(F)F)n2)s1)c1cnccn1. The van der Waals surface area contributed by atoms with Crippen molar-refractivity contribution >= 4 is 22.8 Å². The van der Waals surface area contributed by atoms with E-state index in [0.29, 0.717) is 17.2 Å². The predicted molar refractivity (Wildman–Crippen MR) is 97.3 cm³/mol. The second-order valence-corrected chi connectivity index (χ2v) is 7.00. The summed E-state index contributed by atoms with van der Waals surface area (Å²) in [6.07, 6.45) is 3.17. The molecule has 4 rings (SSSR count). The van der Waals surface area contributed by atoms with Crippen LogP contribution in [-0.2, 0) is 12.7 Å². The minimum absolute atomic E-state index is 0.112. The summed E-state index contributed by atoms with van der Waals surface area (Å²) in [4.78, 5) is 23.3. The molecule has 148 valence electrons. The number of aromatic nitrogens is 6. The Balaban J connectivity index is 1.64. The molecule has 0 aliphatic heterocycles. The van der Waals surface area contributed by atoms with Gasteiger partial charge < -0.3 is 9.42 Å². The number of thiophene rings is 1. The van der Waals surface area contributed by atoms with E-state index in [1.54, 1.807) is 36.9 Å². The Labute approximate surface area is 166 Å². The van der Waals surface area contributed by atoms with E-state index >= 15 is 0 Å². The van der Waals surface area contributed by atoms with Gasteiger partial charge in [-0.25, -0.2) is 15.0 Å². The van der Waals surface area contributed by atoms with E-state index in [4.69, 9.17) is 0 Å². The molecule has 0 bridgehead atoms. The maximum atomic E-state index is 12.7. The molecule has 0 fully saturated rings. The first-order valence-electron chi connectivity index (χ1n) is 8.22. The van der Waals surface area contributed by atoms with Crippen LogP contribution in [0.3, 0.4) is 0 Å². The number of nitrogens with zero attached hydrogens (tertiary/aromatic N) is 7. The number of anilines is 2. The number of hydrogen-bond donors (Lipinski definition) is 0. The summed E-state index contributed by atoms with van der Waals surface area (Å²) in [5.41, 5.74) is 1.48. The third-order valence-corrected chi connectivity index (χ3v) is 4.93. The molecule has 0 spiro atoms. The average Bonchev–Trinajstić information content (AvgIpc) is 3.37. The summed E-state index contributed by atoms with van der Waals surface area (Å²) >= 11 is 1.25. The standard InChI is InChI=1S/C17H12F3N7OS/c1-10-12(6-22-9-24-10)27(14-7-21-4-5-23-14)8-11-2-3-13(29-11)15-25-16(28-26-15)17(18,19)20/h2-7,9H,8H2,1H3. The van der Waals surface area contributed by atoms with Crippen molar-refractivity contribution in [3.05, 3.63) is 59.7 Å². The molecule has 0 aliphatic rings. The molecule has 0 saturated heterocycles. The Morgan fingerprint density at radius 1 is 1.10 bits per heavy atom. The van der Waals surface area contributed by atoms with Crippen LogP contribution in [0.15, 0.2) is 47.8 Å². The maximum absolute atomic E-state index is 12.7. The van der Waals surface area contributed by atoms with Crippen LogP contribution < -0.4 is 4.90 Å². The number of rotatable bonds is 5. The molecular weight excluding hydrogens is 407 g/mol. The van der Waals surface area contributed by atoms with Crippen LogP contribution in [0.5, 0.6) is 0 Å². The molecule has 0 atom stereocenters. The number of halogens is 3. The van der Waals surface area contributed by atoms with Crippen molar-refractivity contribution in [1.29, 1.82) is 0 Å². The first-order chi connectivity index (χ1) is 13.9. The molecule has 0 saturated carbocycles. The molecule has 4 aromatic rings. The quantitative estimate of drug-likeness (QED) is 0.478. The third kappa shape index (κ3) is 4.06. The molecule has 8 nitrogen and oxygen atoms in total. The lowest BCUT2D eigenvalue weighted by molar-refractivity contribution is -0.159. The Kier molecular flexibility index (Phi) is 4.92. The summed E-state index contributed by atoms with van der Waals surface area (Å²) in [6, 6.07) is 3.43. The Morgan fingerprint density at radius 3 is 2.66 bits per heavy atom. The molecule has 12 heteroatoms. The monoisotopic (exact) mass is 419 g/mol. The van der Waals surface area contributed by atoms with E-state index in [0.717, 1.165) is 16.3 Å². The predicted octanol–water partition coefficient (Wildman–Crippen LogP) is 4.04. The molecule has 0 amide bonds. The summed E-state index contributed by atoms with van der Waals surface area (Å²) in [5.74, 6) is -0.904. The molecular formula is C17H12F3N7OS. The van der Waals surface area contributed by atoms with Crippen molar-refractivity contribution < 1.29 is 17.7 Å². The summed E-state index contributed by atoms with van der Waals surface area (Å²) in [6.45, 7) is 2.22. The third-order valence-electron chi connectivity index (χ3n) is 3.87. The topological polar surface area (TPSA) is 93.7 Å². The lowest BCUT2D eigenvalue weighted by Gasteiger charge is -2.23. The zero-order valence-electron chi connectivity index (χ0n) is 14.8. The minimum atomic E-state index is -4.68. The first-order valence-corrected chi connectivity index (χ1v) is 9.03. The second kappa shape index (κ2) is 7.54. The van der Waals surface area contributed by atoms with Crippen LogP contribution in [0.2, 0.25) is 0 Å². The van der Waals surface area contributed by atoms with Crippen LogP contribution >= 0.6 is 11.3 Å². The lowest BCUT2D eigenvalue weighted by Crippen LogP contribution is -2.19. The summed E-state index contributed by atoms with van der Waals surface area (Å²) in [5, 5.41) is 3.42. The molecule has 0 radical (unpaired) electrons. The lowest BCUT2D eigenvalue weighted by atomic mass is 10.3. The van der Waals surface area contributed by atoms with Crippen LogP contribution in [0.4, 0.5) is 24.7 Å². The molecule has 0 aromatic carbocycles. The van der Waals surface area contributed by atoms with Gasteiger partial charge in [-0.15, -0.1) is 11.3 Å². The van der Waals surface area contributed by atoms with E-state index in [-0.39, 0.29) is 5.82 Å². The van der Waals surface area contributed by atoms with E-state index in [9.17, 15) is 13.2 Å². The van der Waals surface area contributed by atoms with Gasteiger partial charge in [-0.2, -0.15) is 18.2 Å². The largest absolute Gasteiger partial charge is 0.471 e. The van der Waals surface area contributed by atoms with Crippen molar-refractivity contribution in [3.63, 3.8) is 0 Å². The number of aryl methyl sites for hydroxylation is 1. The second-order valence-electron chi connectivity index (χ2n) is 5.83. The fraction of sp³-hybridized carbons (Fsp3) is 0.176. The Morgan fingerprint density at radius 2 is 1.97 bits per heavy atom. The first kappa shape index (κ1) is 18.9. The van der Waals surface area contributed by atoms with E-state index in [1.165, 1.54) is 17.7 Å². The van der Waals surface area contributed by atoms with Gasteiger partial charge in [0.25, 0.3) is 0 Å². The van der Waals surface area contributed by atoms with Crippen LogP contribution in [-0.4, -0.2) is 30.1 Å². The maximum Gasteiger partial charge on any atom is 0.471 e. The zero-order chi connectivity index (χ0) is 20.4. The Bertz CT molecular complexity index is 1110. The van der Waals surface area contributed by atoms with Gasteiger partial charge in [0, 0.05) is 17.3 Å². The van der Waals surface area contributed by atoms with Gasteiger partial charge in [0.05, 0.1) is 35.2 Å². The summed E-state index contributed by atoms with van der Waals surface area (Å²) in [7, 11) is 0. The van der Waals surface area contributed by atoms with Crippen molar-refractivity contribution in [3.8, 4) is 10.7 Å². The highest BCUT2D eigenvalue weighted by Gasteiger charge is 2.38. The molecule has 4 aromatic heterocycles. The van der Waals surface area contributed by atoms with Gasteiger partial charge in [0.1, 0.15) is 6.33 Å². The molecule has 0 unspecified atom stereocenters. The van der Waals surface area contributed by atoms with Crippen LogP contribution in [0.1, 0.15) is 16.5 Å². The van der Waals surface area contributed by atoms with Crippen molar-refractivity contribution in [2.75, 3.05) is 4.90 Å². The zero-order valence-corrected chi connectivity index (χ0v) is 15.6. The van der Waals surface area contributed by atoms with Gasteiger partial charge >= 0.3 is 12.1 Å². The van der Waals surface area contributed by atoms with Crippen molar-refractivity contribution in [2.45, 2.75) is 19.6 Å². The molecule has 4 heterocycles. The highest BCUT2D eigenvalue weighted by molar-refractivity contribution is 7.15. The van der Waals surface area contributed by atoms with Crippen molar-refractivity contribution in [2.24, 2.45) is 0 Å². The van der Waals surface area contributed by atoms with Crippen LogP contribution in [0, 0.1) is 6.92 Å². The average molecular weight is 419 g/mol. The fourth-order valence-electron chi connectivity index (χ4n) is 2.55. The number of alkyl halides is 3. The molecule has 0 aliphatic carbocycles. The van der Waals surface area contributed by atoms with E-state index < -0.39 is 12.1 Å². The van der Waals surface area contributed by atoms with Gasteiger partial charge in [0.2, 0.25) is 5.82 Å². The van der Waals surface area contributed by atoms with E-state index in [2.05, 4.69) is 34.6 Å². The van der Waals surface area contributed by atoms with Crippen molar-refractivity contribution in [1.82, 2.24) is 30.1 Å². The fourth-order valence-corrected chi connectivity index (χ4v) is 3.47. The minimum Gasteiger partial charge on any atom is -0.329 e. The van der Waals surface area contributed by atoms with Gasteiger partial charge in [-0.05, 0) is 19.1 Å². The molecule has 29 heavy (non-hydrogen) atoms. The smallest absolute Gasteiger partial charge is 0.329 e. The highest BCUT2D eigenvalue weighted by atomic mass is 32.1. The van der Waals surface area contributed by atoms with Gasteiger partial charge in [-0.1, -0.05) is 5.16 Å². The highest BCUT2D eigenvalue weighted by Crippen LogP contribution is 2.33. The summed E-state index contributed by atoms with van der Waals surface area (Å²) < 4.78 is 42.4. The number of hydrogen-bond acceptors (Lipinski definition) is 9. The normalized spacial score (nSPS) is 11.6. The molecule has 0 N–H and O–H groups in total.